The zero-order valence-electron chi connectivity index (χ0n) is 37.2. The summed E-state index contributed by atoms with van der Waals surface area (Å²) in [6, 6.07) is 32.4. The largest absolute Gasteiger partial charge is 0.456 e. The topological polar surface area (TPSA) is 43.9 Å². The van der Waals surface area contributed by atoms with Crippen molar-refractivity contribution in [1.82, 2.24) is 14.5 Å². The first-order valence-electron chi connectivity index (χ1n) is 21.8. The Balaban J connectivity index is 1.17. The van der Waals surface area contributed by atoms with Gasteiger partial charge in [-0.2, -0.15) is 0 Å². The minimum absolute atomic E-state index is 0.0228. The monoisotopic (exact) mass is 673 g/mol. The summed E-state index contributed by atoms with van der Waals surface area (Å²) in [6.07, 6.45) is 0. The molecule has 0 atom stereocenters. The molecule has 0 bridgehead atoms. The Hall–Kier alpha value is -7.04. The van der Waals surface area contributed by atoms with Crippen LogP contribution in [0.4, 0.5) is 0 Å². The van der Waals surface area contributed by atoms with Gasteiger partial charge in [-0.05, 0) is 57.9 Å². The van der Waals surface area contributed by atoms with Crippen LogP contribution in [0.15, 0.2) is 180 Å². The molecule has 0 unspecified atom stereocenters. The molecule has 0 aliphatic heterocycles. The first kappa shape index (κ1) is 20.6. The molecule has 0 spiro atoms. The lowest BCUT2D eigenvalue weighted by atomic mass is 10.00. The molecule has 0 aliphatic rings. The highest BCUT2D eigenvalue weighted by Crippen LogP contribution is 2.42. The van der Waals surface area contributed by atoms with Gasteiger partial charge in [-0.3, -0.25) is 0 Å². The summed E-state index contributed by atoms with van der Waals surface area (Å²) >= 11 is 0. The van der Waals surface area contributed by atoms with E-state index in [4.69, 9.17) is 28.1 Å². The van der Waals surface area contributed by atoms with E-state index in [1.54, 1.807) is 12.1 Å². The molecule has 11 rings (SSSR count). The van der Waals surface area contributed by atoms with E-state index in [1.165, 1.54) is 6.07 Å². The third kappa shape index (κ3) is 4.34. The minimum atomic E-state index is -0.583. The summed E-state index contributed by atoms with van der Waals surface area (Å²) < 4.78 is 93.8. The molecule has 11 aromatic rings. The fraction of sp³-hybridized carbons (Fsp3) is 0. The molecule has 242 valence electrons. The first-order valence-corrected chi connectivity index (χ1v) is 16.8. The van der Waals surface area contributed by atoms with Gasteiger partial charge in [0.05, 0.1) is 36.1 Å². The molecule has 0 N–H and O–H groups in total. The fourth-order valence-corrected chi connectivity index (χ4v) is 7.55. The normalized spacial score (nSPS) is 14.5. The van der Waals surface area contributed by atoms with Crippen LogP contribution >= 0.6 is 0 Å². The smallest absolute Gasteiger partial charge is 0.161 e. The Morgan fingerprint density at radius 1 is 0.481 bits per heavy atom. The van der Waals surface area contributed by atoms with Gasteiger partial charge in [-0.15, -0.1) is 0 Å². The molecule has 0 fully saturated rings. The molecule has 4 nitrogen and oxygen atoms in total. The fourth-order valence-electron chi connectivity index (χ4n) is 7.55. The molecular formula is C48H29N3O. The number of hydrogen-bond acceptors (Lipinski definition) is 3. The molecule has 4 heteroatoms. The van der Waals surface area contributed by atoms with Crippen LogP contribution < -0.4 is 0 Å². The maximum atomic E-state index is 8.77. The van der Waals surface area contributed by atoms with Crippen molar-refractivity contribution in [3.8, 4) is 39.6 Å². The summed E-state index contributed by atoms with van der Waals surface area (Å²) in [7, 11) is 0. The molecular weight excluding hydrogens is 635 g/mol. The van der Waals surface area contributed by atoms with Gasteiger partial charge in [0.15, 0.2) is 5.82 Å². The van der Waals surface area contributed by atoms with E-state index in [2.05, 4.69) is 65.2 Å². The second-order valence-corrected chi connectivity index (χ2v) is 12.6. The Morgan fingerprint density at radius 2 is 1.08 bits per heavy atom. The lowest BCUT2D eigenvalue weighted by Gasteiger charge is -2.10. The van der Waals surface area contributed by atoms with E-state index in [-0.39, 0.29) is 28.3 Å². The lowest BCUT2D eigenvalue weighted by Crippen LogP contribution is -1.96. The van der Waals surface area contributed by atoms with Crippen molar-refractivity contribution in [2.75, 3.05) is 0 Å². The van der Waals surface area contributed by atoms with Crippen molar-refractivity contribution in [3.63, 3.8) is 0 Å². The molecule has 3 heterocycles. The Kier molecular flexibility index (Phi) is 4.45. The highest BCUT2D eigenvalue weighted by molar-refractivity contribution is 6.28. The number of fused-ring (bicyclic) bond motifs is 10. The average Bonchev–Trinajstić information content (AvgIpc) is 3.85. The highest BCUT2D eigenvalue weighted by Gasteiger charge is 2.20. The maximum Gasteiger partial charge on any atom is 0.161 e. The van der Waals surface area contributed by atoms with E-state index in [0.29, 0.717) is 22.1 Å². The predicted molar refractivity (Wildman–Crippen MR) is 215 cm³/mol. The predicted octanol–water partition coefficient (Wildman–Crippen LogP) is 12.8. The quantitative estimate of drug-likeness (QED) is 0.187. The Labute approximate surface area is 312 Å². The van der Waals surface area contributed by atoms with Crippen molar-refractivity contribution < 1.29 is 18.1 Å². The standard InChI is InChI=1S/C48H29N3O/c1-3-14-32(15-4-1)39-29-40(33-16-5-2-6-17-33)50-48(49-39)38-20-11-21-43-45(38)37-25-24-34(28-44(37)52-43)51-41-26-22-30-12-7-9-18-35(30)46(41)47-36-19-10-8-13-31(36)23-27-42(47)51/h1-29H/i1D,2D,3D,4D,5D,6D,14D,15D,16D,17D. The molecule has 8 aromatic carbocycles. The number of rotatable bonds is 4. The van der Waals surface area contributed by atoms with Crippen LogP contribution in [0.5, 0.6) is 0 Å². The number of hydrogen-bond donors (Lipinski definition) is 0. The summed E-state index contributed by atoms with van der Waals surface area (Å²) in [6.45, 7) is 0. The van der Waals surface area contributed by atoms with Crippen molar-refractivity contribution >= 4 is 65.3 Å². The van der Waals surface area contributed by atoms with Crippen LogP contribution in [0.3, 0.4) is 0 Å². The molecule has 0 radical (unpaired) electrons. The van der Waals surface area contributed by atoms with Gasteiger partial charge in [0.25, 0.3) is 0 Å². The second-order valence-electron chi connectivity index (χ2n) is 12.6. The third-order valence-corrected chi connectivity index (χ3v) is 9.76. The average molecular weight is 674 g/mol. The second kappa shape index (κ2) is 11.2. The van der Waals surface area contributed by atoms with Crippen LogP contribution in [0.25, 0.3) is 105 Å². The number of benzene rings is 8. The van der Waals surface area contributed by atoms with E-state index in [1.807, 2.05) is 36.4 Å². The lowest BCUT2D eigenvalue weighted by molar-refractivity contribution is 0.668. The van der Waals surface area contributed by atoms with E-state index in [9.17, 15) is 0 Å². The van der Waals surface area contributed by atoms with Gasteiger partial charge in [0.1, 0.15) is 11.2 Å². The SMILES string of the molecule is [2H]c1c([2H])c([2H])c(-c2cc(-c3c([2H])c([2H])c([2H])c([2H])c3[2H])nc(-c3cccc4oc5cc(-n6c7ccc8ccccc8c7c7c8ccccc8ccc76)ccc5c34)n2)c([2H])c1[2H]. The maximum absolute atomic E-state index is 8.77. The van der Waals surface area contributed by atoms with Gasteiger partial charge in [-0.1, -0.05) is 133 Å². The molecule has 0 aliphatic carbocycles. The first-order chi connectivity index (χ1) is 29.9. The van der Waals surface area contributed by atoms with Crippen LogP contribution in [0.1, 0.15) is 13.7 Å². The number of nitrogens with zero attached hydrogens (tertiary/aromatic N) is 3. The summed E-state index contributed by atoms with van der Waals surface area (Å²) in [5.74, 6) is 0.0228. The van der Waals surface area contributed by atoms with Crippen LogP contribution in [0, 0.1) is 0 Å². The highest BCUT2D eigenvalue weighted by atomic mass is 16.3. The molecule has 0 amide bonds. The number of furan rings is 1. The molecule has 0 saturated carbocycles. The van der Waals surface area contributed by atoms with Gasteiger partial charge < -0.3 is 8.98 Å². The Morgan fingerprint density at radius 3 is 1.69 bits per heavy atom. The van der Waals surface area contributed by atoms with Crippen LogP contribution in [0.2, 0.25) is 0 Å². The van der Waals surface area contributed by atoms with Gasteiger partial charge >= 0.3 is 0 Å². The van der Waals surface area contributed by atoms with Crippen LogP contribution in [-0.2, 0) is 0 Å². The zero-order valence-corrected chi connectivity index (χ0v) is 27.2. The van der Waals surface area contributed by atoms with Gasteiger partial charge in [0.2, 0.25) is 0 Å². The summed E-state index contributed by atoms with van der Waals surface area (Å²) in [5, 5.41) is 8.21. The summed E-state index contributed by atoms with van der Waals surface area (Å²) in [4.78, 5) is 9.58. The van der Waals surface area contributed by atoms with E-state index < -0.39 is 60.4 Å². The Bertz CT molecular complexity index is 3540. The minimum Gasteiger partial charge on any atom is -0.456 e. The van der Waals surface area contributed by atoms with Crippen molar-refractivity contribution in [2.45, 2.75) is 0 Å². The molecule has 0 saturated heterocycles. The van der Waals surface area contributed by atoms with Crippen LogP contribution in [-0.4, -0.2) is 14.5 Å². The zero-order chi connectivity index (χ0) is 42.9. The van der Waals surface area contributed by atoms with Crippen molar-refractivity contribution in [3.05, 3.63) is 176 Å². The summed E-state index contributed by atoms with van der Waals surface area (Å²) in [5.41, 5.74) is 3.80. The molecule has 3 aromatic heterocycles. The molecule has 52 heavy (non-hydrogen) atoms. The van der Waals surface area contributed by atoms with Crippen molar-refractivity contribution in [2.24, 2.45) is 0 Å². The van der Waals surface area contributed by atoms with Gasteiger partial charge in [-0.25, -0.2) is 9.97 Å². The third-order valence-electron chi connectivity index (χ3n) is 9.76. The number of aromatic nitrogens is 3. The van der Waals surface area contributed by atoms with Gasteiger partial charge in [0, 0.05) is 50.0 Å². The van der Waals surface area contributed by atoms with E-state index in [0.717, 1.165) is 54.4 Å². The van der Waals surface area contributed by atoms with E-state index >= 15 is 0 Å². The van der Waals surface area contributed by atoms with Crippen molar-refractivity contribution in [1.29, 1.82) is 0 Å².